The van der Waals surface area contributed by atoms with Crippen molar-refractivity contribution in [2.75, 3.05) is 0 Å². The van der Waals surface area contributed by atoms with Gasteiger partial charge in [0.1, 0.15) is 0 Å². The Morgan fingerprint density at radius 3 is 2.50 bits per heavy atom. The fourth-order valence-corrected chi connectivity index (χ4v) is 2.86. The molecule has 0 amide bonds. The summed E-state index contributed by atoms with van der Waals surface area (Å²) in [5.41, 5.74) is 2.01. The molecule has 0 spiro atoms. The average Bonchev–Trinajstić information content (AvgIpc) is 2.35. The number of rotatable bonds is 6. The lowest BCUT2D eigenvalue weighted by atomic mass is 9.85. The smallest absolute Gasteiger partial charge is 0.348 e. The molecule has 0 radical (unpaired) electrons. The lowest BCUT2D eigenvalue weighted by Gasteiger charge is -2.28. The molecule has 0 atom stereocenters. The molecule has 2 rings (SSSR count). The Kier molecular flexibility index (Phi) is 4.57. The van der Waals surface area contributed by atoms with Gasteiger partial charge in [0.15, 0.2) is 0 Å². The van der Waals surface area contributed by atoms with Crippen molar-refractivity contribution < 1.29 is 9.90 Å². The normalized spacial score (nSPS) is 15.1. The Bertz CT molecular complexity index is 559. The van der Waals surface area contributed by atoms with Crippen LogP contribution in [0.1, 0.15) is 50.1 Å². The summed E-state index contributed by atoms with van der Waals surface area (Å²) in [6.45, 7) is 4.56. The summed E-state index contributed by atoms with van der Waals surface area (Å²) >= 11 is 0. The minimum absolute atomic E-state index is 0.0513. The standard InChI is InChI=1S/C15H22N2O3/c1-3-12-11(8-14(18)19)13(4-2)17(15(20)16-12)9-10-6-5-7-10/h10H,3-9H2,1-2H3,(H,18,19). The fraction of sp³-hybridized carbons (Fsp3) is 0.667. The van der Waals surface area contributed by atoms with E-state index >= 15 is 0 Å². The molecular formula is C15H22N2O3. The molecule has 110 valence electrons. The second-order valence-corrected chi connectivity index (χ2v) is 5.45. The van der Waals surface area contributed by atoms with Gasteiger partial charge in [0.05, 0.1) is 12.1 Å². The lowest BCUT2D eigenvalue weighted by Crippen LogP contribution is -2.34. The lowest BCUT2D eigenvalue weighted by molar-refractivity contribution is -0.136. The largest absolute Gasteiger partial charge is 0.481 e. The molecule has 1 aromatic rings. The van der Waals surface area contributed by atoms with Gasteiger partial charge in [0, 0.05) is 17.8 Å². The minimum atomic E-state index is -0.870. The van der Waals surface area contributed by atoms with Crippen LogP contribution in [-0.4, -0.2) is 20.6 Å². The van der Waals surface area contributed by atoms with Gasteiger partial charge in [-0.3, -0.25) is 9.36 Å². The van der Waals surface area contributed by atoms with Gasteiger partial charge in [0.25, 0.3) is 0 Å². The van der Waals surface area contributed by atoms with Crippen molar-refractivity contribution in [3.05, 3.63) is 27.4 Å². The fourth-order valence-electron chi connectivity index (χ4n) is 2.86. The zero-order valence-electron chi connectivity index (χ0n) is 12.2. The van der Waals surface area contributed by atoms with Crippen LogP contribution >= 0.6 is 0 Å². The van der Waals surface area contributed by atoms with Crippen molar-refractivity contribution in [1.29, 1.82) is 0 Å². The molecule has 0 bridgehead atoms. The summed E-state index contributed by atoms with van der Waals surface area (Å²) in [5.74, 6) is -0.324. The van der Waals surface area contributed by atoms with Gasteiger partial charge in [-0.25, -0.2) is 4.79 Å². The molecular weight excluding hydrogens is 256 g/mol. The maximum atomic E-state index is 12.2. The highest BCUT2D eigenvalue weighted by molar-refractivity contribution is 5.71. The van der Waals surface area contributed by atoms with E-state index in [2.05, 4.69) is 4.98 Å². The quantitative estimate of drug-likeness (QED) is 0.861. The molecule has 0 aliphatic heterocycles. The Morgan fingerprint density at radius 2 is 2.05 bits per heavy atom. The Morgan fingerprint density at radius 1 is 1.35 bits per heavy atom. The van der Waals surface area contributed by atoms with Crippen LogP contribution in [0.2, 0.25) is 0 Å². The van der Waals surface area contributed by atoms with Crippen molar-refractivity contribution in [2.24, 2.45) is 5.92 Å². The van der Waals surface area contributed by atoms with E-state index in [4.69, 9.17) is 5.11 Å². The highest BCUT2D eigenvalue weighted by Crippen LogP contribution is 2.28. The SMILES string of the molecule is CCc1nc(=O)n(CC2CCC2)c(CC)c1CC(=O)O. The third-order valence-electron chi connectivity index (χ3n) is 4.15. The molecule has 1 aliphatic carbocycles. The molecule has 1 saturated carbocycles. The maximum Gasteiger partial charge on any atom is 0.348 e. The van der Waals surface area contributed by atoms with Gasteiger partial charge >= 0.3 is 11.7 Å². The second kappa shape index (κ2) is 6.20. The number of carboxylic acid groups (broad SMARTS) is 1. The summed E-state index contributed by atoms with van der Waals surface area (Å²) in [5, 5.41) is 9.09. The Labute approximate surface area is 118 Å². The van der Waals surface area contributed by atoms with E-state index in [-0.39, 0.29) is 12.1 Å². The predicted octanol–water partition coefficient (Wildman–Crippen LogP) is 1.80. The third-order valence-corrected chi connectivity index (χ3v) is 4.15. The summed E-state index contributed by atoms with van der Waals surface area (Å²) in [7, 11) is 0. The molecule has 1 heterocycles. The first-order valence-corrected chi connectivity index (χ1v) is 7.40. The summed E-state index contributed by atoms with van der Waals surface area (Å²) in [6.07, 6.45) is 4.74. The second-order valence-electron chi connectivity index (χ2n) is 5.45. The number of nitrogens with zero attached hydrogens (tertiary/aromatic N) is 2. The predicted molar refractivity (Wildman–Crippen MR) is 75.9 cm³/mol. The van der Waals surface area contributed by atoms with Crippen LogP contribution in [-0.2, 0) is 30.6 Å². The molecule has 0 aromatic carbocycles. The highest BCUT2D eigenvalue weighted by atomic mass is 16.4. The molecule has 5 nitrogen and oxygen atoms in total. The first-order valence-electron chi connectivity index (χ1n) is 7.40. The van der Waals surface area contributed by atoms with Crippen molar-refractivity contribution in [1.82, 2.24) is 9.55 Å². The number of aliphatic carboxylic acids is 1. The van der Waals surface area contributed by atoms with Crippen LogP contribution in [0.25, 0.3) is 0 Å². The van der Waals surface area contributed by atoms with Crippen LogP contribution in [0.5, 0.6) is 0 Å². The van der Waals surface area contributed by atoms with E-state index in [1.807, 2.05) is 13.8 Å². The van der Waals surface area contributed by atoms with Crippen molar-refractivity contribution >= 4 is 5.97 Å². The number of carboxylic acids is 1. The van der Waals surface area contributed by atoms with Gasteiger partial charge < -0.3 is 5.11 Å². The first-order chi connectivity index (χ1) is 9.56. The van der Waals surface area contributed by atoms with Gasteiger partial charge in [-0.1, -0.05) is 20.3 Å². The number of hydrogen-bond donors (Lipinski definition) is 1. The molecule has 1 aromatic heterocycles. The monoisotopic (exact) mass is 278 g/mol. The number of carbonyl (C=O) groups is 1. The van der Waals surface area contributed by atoms with Gasteiger partial charge in [-0.2, -0.15) is 4.98 Å². The molecule has 0 saturated heterocycles. The average molecular weight is 278 g/mol. The molecule has 1 N–H and O–H groups in total. The molecule has 1 fully saturated rings. The van der Waals surface area contributed by atoms with Crippen LogP contribution in [0.3, 0.4) is 0 Å². The van der Waals surface area contributed by atoms with Crippen LogP contribution in [0.15, 0.2) is 4.79 Å². The molecule has 5 heteroatoms. The zero-order valence-corrected chi connectivity index (χ0v) is 12.2. The van der Waals surface area contributed by atoms with E-state index in [1.165, 1.54) is 6.42 Å². The highest BCUT2D eigenvalue weighted by Gasteiger charge is 2.22. The summed E-state index contributed by atoms with van der Waals surface area (Å²) < 4.78 is 1.71. The number of aromatic nitrogens is 2. The maximum absolute atomic E-state index is 12.2. The van der Waals surface area contributed by atoms with E-state index < -0.39 is 5.97 Å². The van der Waals surface area contributed by atoms with Crippen molar-refractivity contribution in [3.63, 3.8) is 0 Å². The van der Waals surface area contributed by atoms with Gasteiger partial charge in [-0.05, 0) is 31.6 Å². The molecule has 1 aliphatic rings. The van der Waals surface area contributed by atoms with Crippen molar-refractivity contribution in [2.45, 2.75) is 58.9 Å². The molecule has 20 heavy (non-hydrogen) atoms. The Hall–Kier alpha value is -1.65. The third kappa shape index (κ3) is 2.92. The Balaban J connectivity index is 2.48. The molecule has 0 unspecified atom stereocenters. The summed E-state index contributed by atoms with van der Waals surface area (Å²) in [6, 6.07) is 0. The van der Waals surface area contributed by atoms with E-state index in [0.29, 0.717) is 31.0 Å². The van der Waals surface area contributed by atoms with Crippen LogP contribution in [0, 0.1) is 5.92 Å². The minimum Gasteiger partial charge on any atom is -0.481 e. The van der Waals surface area contributed by atoms with E-state index in [0.717, 1.165) is 24.1 Å². The van der Waals surface area contributed by atoms with Gasteiger partial charge in [0.2, 0.25) is 0 Å². The van der Waals surface area contributed by atoms with Gasteiger partial charge in [-0.15, -0.1) is 0 Å². The van der Waals surface area contributed by atoms with E-state index in [9.17, 15) is 9.59 Å². The summed E-state index contributed by atoms with van der Waals surface area (Å²) in [4.78, 5) is 27.4. The first kappa shape index (κ1) is 14.8. The van der Waals surface area contributed by atoms with E-state index in [1.54, 1.807) is 4.57 Å². The number of aryl methyl sites for hydroxylation is 1. The van der Waals surface area contributed by atoms with Crippen molar-refractivity contribution in [3.8, 4) is 0 Å². The number of hydrogen-bond acceptors (Lipinski definition) is 3. The van der Waals surface area contributed by atoms with Crippen LogP contribution in [0.4, 0.5) is 0 Å². The topological polar surface area (TPSA) is 72.2 Å². The van der Waals surface area contributed by atoms with Crippen LogP contribution < -0.4 is 5.69 Å². The zero-order chi connectivity index (χ0) is 14.7.